The van der Waals surface area contributed by atoms with E-state index >= 15 is 0 Å². The Hall–Kier alpha value is -3.68. The Morgan fingerprint density at radius 3 is 2.72 bits per heavy atom. The lowest BCUT2D eigenvalue weighted by molar-refractivity contribution is -0.384. The Kier molecular flexibility index (Phi) is 4.70. The third-order valence-electron chi connectivity index (χ3n) is 3.33. The van der Waals surface area contributed by atoms with Crippen molar-refractivity contribution in [1.29, 1.82) is 0 Å². The average Bonchev–Trinajstić information content (AvgIpc) is 3.09. The molecule has 0 aliphatic carbocycles. The minimum absolute atomic E-state index is 0.0195. The lowest BCUT2D eigenvalue weighted by Crippen LogP contribution is -2.20. The molecule has 1 amide bonds. The number of nitro benzene ring substituents is 1. The summed E-state index contributed by atoms with van der Waals surface area (Å²) >= 11 is 0. The summed E-state index contributed by atoms with van der Waals surface area (Å²) in [5, 5.41) is 20.2. The molecule has 25 heavy (non-hydrogen) atoms. The number of benzene rings is 2. The van der Waals surface area contributed by atoms with Crippen molar-refractivity contribution in [1.82, 2.24) is 10.2 Å². The molecule has 0 unspecified atom stereocenters. The van der Waals surface area contributed by atoms with Gasteiger partial charge in [-0.2, -0.15) is 5.10 Å². The fourth-order valence-electron chi connectivity index (χ4n) is 2.17. The highest BCUT2D eigenvalue weighted by atomic mass is 16.6. The molecule has 0 saturated carbocycles. The van der Waals surface area contributed by atoms with Gasteiger partial charge in [0, 0.05) is 23.8 Å². The largest absolute Gasteiger partial charge is 0.484 e. The quantitative estimate of drug-likeness (QED) is 0.530. The fraction of sp³-hybridized carbons (Fsp3) is 0.0588. The van der Waals surface area contributed by atoms with E-state index in [1.54, 1.807) is 30.3 Å². The first-order valence-electron chi connectivity index (χ1n) is 7.40. The fourth-order valence-corrected chi connectivity index (χ4v) is 2.17. The number of nitrogens with zero attached hydrogens (tertiary/aromatic N) is 2. The normalized spacial score (nSPS) is 10.2. The number of nitro groups is 1. The number of anilines is 1. The van der Waals surface area contributed by atoms with Crippen molar-refractivity contribution in [3.05, 3.63) is 70.8 Å². The number of ether oxygens (including phenoxy) is 1. The molecule has 0 radical (unpaired) electrons. The second-order valence-electron chi connectivity index (χ2n) is 5.12. The van der Waals surface area contributed by atoms with Crippen molar-refractivity contribution < 1.29 is 14.5 Å². The molecule has 0 fully saturated rings. The van der Waals surface area contributed by atoms with Crippen LogP contribution in [0.15, 0.2) is 60.7 Å². The van der Waals surface area contributed by atoms with Crippen molar-refractivity contribution in [2.45, 2.75) is 0 Å². The number of rotatable bonds is 6. The topological polar surface area (TPSA) is 110 Å². The predicted octanol–water partition coefficient (Wildman–Crippen LogP) is 3.00. The third-order valence-corrected chi connectivity index (χ3v) is 3.33. The van der Waals surface area contributed by atoms with Gasteiger partial charge in [0.05, 0.1) is 10.6 Å². The van der Waals surface area contributed by atoms with Crippen LogP contribution < -0.4 is 10.1 Å². The van der Waals surface area contributed by atoms with Crippen molar-refractivity contribution in [2.24, 2.45) is 0 Å². The van der Waals surface area contributed by atoms with E-state index in [1.807, 2.05) is 18.2 Å². The minimum atomic E-state index is -0.469. The summed E-state index contributed by atoms with van der Waals surface area (Å²) in [5.41, 5.74) is 1.14. The van der Waals surface area contributed by atoms with Crippen LogP contribution in [-0.2, 0) is 4.79 Å². The summed E-state index contributed by atoms with van der Waals surface area (Å²) in [6.45, 7) is -0.150. The molecular formula is C17H14N4O4. The van der Waals surface area contributed by atoms with E-state index in [9.17, 15) is 14.9 Å². The SMILES string of the molecule is O=C(COc1ccccc1)Nc1cc(-c2cccc([N+](=O)[O-])c2)[nH]n1. The van der Waals surface area contributed by atoms with Crippen LogP contribution in [0, 0.1) is 10.1 Å². The molecule has 0 spiro atoms. The zero-order chi connectivity index (χ0) is 17.6. The van der Waals surface area contributed by atoms with Gasteiger partial charge >= 0.3 is 0 Å². The number of carbonyl (C=O) groups excluding carboxylic acids is 1. The lowest BCUT2D eigenvalue weighted by atomic mass is 10.1. The van der Waals surface area contributed by atoms with Gasteiger partial charge in [-0.15, -0.1) is 0 Å². The van der Waals surface area contributed by atoms with E-state index < -0.39 is 4.92 Å². The van der Waals surface area contributed by atoms with E-state index in [1.165, 1.54) is 12.1 Å². The first-order chi connectivity index (χ1) is 12.1. The van der Waals surface area contributed by atoms with Crippen LogP contribution in [0.1, 0.15) is 0 Å². The number of aromatic nitrogens is 2. The third kappa shape index (κ3) is 4.20. The summed E-state index contributed by atoms with van der Waals surface area (Å²) in [4.78, 5) is 22.3. The van der Waals surface area contributed by atoms with Crippen LogP contribution in [0.25, 0.3) is 11.3 Å². The number of para-hydroxylation sites is 1. The zero-order valence-corrected chi connectivity index (χ0v) is 13.0. The zero-order valence-electron chi connectivity index (χ0n) is 13.0. The number of carbonyl (C=O) groups is 1. The van der Waals surface area contributed by atoms with Gasteiger partial charge in [0.15, 0.2) is 12.4 Å². The van der Waals surface area contributed by atoms with E-state index in [0.29, 0.717) is 22.8 Å². The van der Waals surface area contributed by atoms with Crippen molar-refractivity contribution >= 4 is 17.4 Å². The number of aromatic amines is 1. The number of H-pyrrole nitrogens is 1. The highest BCUT2D eigenvalue weighted by Gasteiger charge is 2.11. The van der Waals surface area contributed by atoms with Gasteiger partial charge in [-0.1, -0.05) is 30.3 Å². The van der Waals surface area contributed by atoms with Gasteiger partial charge in [-0.3, -0.25) is 20.0 Å². The first-order valence-corrected chi connectivity index (χ1v) is 7.40. The average molecular weight is 338 g/mol. The maximum absolute atomic E-state index is 11.9. The number of non-ortho nitro benzene ring substituents is 1. The van der Waals surface area contributed by atoms with Crippen molar-refractivity contribution in [3.63, 3.8) is 0 Å². The van der Waals surface area contributed by atoms with E-state index in [0.717, 1.165) is 0 Å². The summed E-state index contributed by atoms with van der Waals surface area (Å²) in [6, 6.07) is 16.7. The number of hydrogen-bond acceptors (Lipinski definition) is 5. The maximum atomic E-state index is 11.9. The number of nitrogens with one attached hydrogen (secondary N) is 2. The highest BCUT2D eigenvalue weighted by molar-refractivity contribution is 5.91. The maximum Gasteiger partial charge on any atom is 0.270 e. The molecule has 0 aliphatic rings. The van der Waals surface area contributed by atoms with Crippen LogP contribution in [0.4, 0.5) is 11.5 Å². The molecule has 2 N–H and O–H groups in total. The van der Waals surface area contributed by atoms with Crippen molar-refractivity contribution in [2.75, 3.05) is 11.9 Å². The molecule has 8 heteroatoms. The van der Waals surface area contributed by atoms with Crippen LogP contribution in [0.5, 0.6) is 5.75 Å². The Morgan fingerprint density at radius 2 is 1.96 bits per heavy atom. The van der Waals surface area contributed by atoms with Gasteiger partial charge < -0.3 is 10.1 Å². The summed E-state index contributed by atoms with van der Waals surface area (Å²) in [6.07, 6.45) is 0. The molecule has 3 aromatic rings. The Bertz CT molecular complexity index is 892. The molecule has 126 valence electrons. The predicted molar refractivity (Wildman–Crippen MR) is 91.2 cm³/mol. The Labute approximate surface area is 142 Å². The summed E-state index contributed by atoms with van der Waals surface area (Å²) in [7, 11) is 0. The van der Waals surface area contributed by atoms with Gasteiger partial charge in [0.25, 0.3) is 11.6 Å². The van der Waals surface area contributed by atoms with E-state index in [-0.39, 0.29) is 18.2 Å². The molecule has 1 aromatic heterocycles. The molecule has 2 aromatic carbocycles. The molecule has 0 bridgehead atoms. The van der Waals surface area contributed by atoms with Crippen LogP contribution in [-0.4, -0.2) is 27.6 Å². The van der Waals surface area contributed by atoms with Gasteiger partial charge in [-0.05, 0) is 12.1 Å². The molecule has 0 atom stereocenters. The number of hydrogen-bond donors (Lipinski definition) is 2. The monoisotopic (exact) mass is 338 g/mol. The second kappa shape index (κ2) is 7.26. The summed E-state index contributed by atoms with van der Waals surface area (Å²) in [5.74, 6) is 0.543. The smallest absolute Gasteiger partial charge is 0.270 e. The van der Waals surface area contributed by atoms with Gasteiger partial charge in [0.1, 0.15) is 5.75 Å². The number of amides is 1. The van der Waals surface area contributed by atoms with E-state index in [4.69, 9.17) is 4.74 Å². The van der Waals surface area contributed by atoms with Gasteiger partial charge in [-0.25, -0.2) is 0 Å². The molecule has 3 rings (SSSR count). The second-order valence-corrected chi connectivity index (χ2v) is 5.12. The lowest BCUT2D eigenvalue weighted by Gasteiger charge is -2.05. The van der Waals surface area contributed by atoms with Crippen molar-refractivity contribution in [3.8, 4) is 17.0 Å². The molecule has 0 aliphatic heterocycles. The van der Waals surface area contributed by atoms with Crippen LogP contribution >= 0.6 is 0 Å². The summed E-state index contributed by atoms with van der Waals surface area (Å²) < 4.78 is 5.35. The van der Waals surface area contributed by atoms with Gasteiger partial charge in [0.2, 0.25) is 0 Å². The highest BCUT2D eigenvalue weighted by Crippen LogP contribution is 2.23. The van der Waals surface area contributed by atoms with E-state index in [2.05, 4.69) is 15.5 Å². The Balaban J connectivity index is 1.62. The minimum Gasteiger partial charge on any atom is -0.484 e. The standard InChI is InChI=1S/C17H14N4O4/c22-17(11-25-14-7-2-1-3-8-14)18-16-10-15(19-20-16)12-5-4-6-13(9-12)21(23)24/h1-10H,11H2,(H2,18,19,20,22). The Morgan fingerprint density at radius 1 is 1.16 bits per heavy atom. The molecule has 1 heterocycles. The molecule has 0 saturated heterocycles. The molecule has 8 nitrogen and oxygen atoms in total. The van der Waals surface area contributed by atoms with Crippen LogP contribution in [0.2, 0.25) is 0 Å². The van der Waals surface area contributed by atoms with Crippen LogP contribution in [0.3, 0.4) is 0 Å². The first kappa shape index (κ1) is 16.2. The molecular weight excluding hydrogens is 324 g/mol.